The van der Waals surface area contributed by atoms with Gasteiger partial charge in [0.2, 0.25) is 0 Å². The van der Waals surface area contributed by atoms with Crippen LogP contribution in [0.3, 0.4) is 0 Å². The van der Waals surface area contributed by atoms with Crippen LogP contribution >= 0.6 is 0 Å². The van der Waals surface area contributed by atoms with E-state index in [0.29, 0.717) is 13.1 Å². The van der Waals surface area contributed by atoms with Crippen LogP contribution in [-0.4, -0.2) is 42.0 Å². The Kier molecular flexibility index (Phi) is 5.35. The van der Waals surface area contributed by atoms with Crippen molar-refractivity contribution in [1.82, 2.24) is 40.2 Å². The number of aromatic nitrogens is 6. The predicted molar refractivity (Wildman–Crippen MR) is 94.0 cm³/mol. The Balaban J connectivity index is 1.67. The SMILES string of the molecule is CCNC(=NCc1ccnc(-n2cccn2)c1)NCc1ncnn1C. The molecular formula is C16H21N9. The average molecular weight is 339 g/mol. The van der Waals surface area contributed by atoms with Gasteiger partial charge in [-0.3, -0.25) is 4.68 Å². The molecule has 0 aliphatic rings. The quantitative estimate of drug-likeness (QED) is 0.505. The Morgan fingerprint density at radius 3 is 2.84 bits per heavy atom. The molecule has 0 amide bonds. The topological polar surface area (TPSA) is 97.8 Å². The first-order chi connectivity index (χ1) is 12.3. The fourth-order valence-electron chi connectivity index (χ4n) is 2.24. The maximum atomic E-state index is 4.61. The number of rotatable bonds is 6. The Hall–Kier alpha value is -3.23. The van der Waals surface area contributed by atoms with Crippen LogP contribution in [0.2, 0.25) is 0 Å². The lowest BCUT2D eigenvalue weighted by molar-refractivity contribution is 0.673. The molecule has 0 spiro atoms. The van der Waals surface area contributed by atoms with E-state index in [0.717, 1.165) is 29.7 Å². The minimum Gasteiger partial charge on any atom is -0.357 e. The summed E-state index contributed by atoms with van der Waals surface area (Å²) in [4.78, 5) is 13.1. The minimum absolute atomic E-state index is 0.533. The third-order valence-corrected chi connectivity index (χ3v) is 3.53. The van der Waals surface area contributed by atoms with E-state index in [4.69, 9.17) is 0 Å². The predicted octanol–water partition coefficient (Wildman–Crippen LogP) is 0.651. The summed E-state index contributed by atoms with van der Waals surface area (Å²) < 4.78 is 3.46. The first-order valence-corrected chi connectivity index (χ1v) is 8.06. The van der Waals surface area contributed by atoms with Gasteiger partial charge >= 0.3 is 0 Å². The van der Waals surface area contributed by atoms with Gasteiger partial charge in [-0.1, -0.05) is 0 Å². The van der Waals surface area contributed by atoms with Crippen LogP contribution in [0, 0.1) is 0 Å². The molecule has 130 valence electrons. The molecule has 3 aromatic rings. The van der Waals surface area contributed by atoms with Crippen molar-refractivity contribution in [3.05, 3.63) is 54.5 Å². The highest BCUT2D eigenvalue weighted by atomic mass is 15.3. The molecule has 0 aliphatic carbocycles. The third kappa shape index (κ3) is 4.40. The van der Waals surface area contributed by atoms with Crippen molar-refractivity contribution in [2.45, 2.75) is 20.0 Å². The molecule has 0 fully saturated rings. The first-order valence-electron chi connectivity index (χ1n) is 8.06. The van der Waals surface area contributed by atoms with Crippen molar-refractivity contribution < 1.29 is 0 Å². The third-order valence-electron chi connectivity index (χ3n) is 3.53. The number of nitrogens with one attached hydrogen (secondary N) is 2. The van der Waals surface area contributed by atoms with E-state index in [2.05, 4.69) is 35.8 Å². The molecule has 0 radical (unpaired) electrons. The normalized spacial score (nSPS) is 11.5. The number of hydrogen-bond acceptors (Lipinski definition) is 5. The number of aryl methyl sites for hydroxylation is 1. The van der Waals surface area contributed by atoms with Crippen LogP contribution in [-0.2, 0) is 20.1 Å². The van der Waals surface area contributed by atoms with E-state index in [1.165, 1.54) is 6.33 Å². The molecule has 0 bridgehead atoms. The van der Waals surface area contributed by atoms with E-state index >= 15 is 0 Å². The molecule has 3 aromatic heterocycles. The van der Waals surface area contributed by atoms with Crippen LogP contribution < -0.4 is 10.6 Å². The van der Waals surface area contributed by atoms with Crippen molar-refractivity contribution in [3.8, 4) is 5.82 Å². The van der Waals surface area contributed by atoms with Crippen LogP contribution in [0.5, 0.6) is 0 Å². The Labute approximate surface area is 145 Å². The second-order valence-corrected chi connectivity index (χ2v) is 5.32. The van der Waals surface area contributed by atoms with Crippen molar-refractivity contribution in [2.24, 2.45) is 12.0 Å². The minimum atomic E-state index is 0.533. The molecule has 0 aliphatic heterocycles. The van der Waals surface area contributed by atoms with Gasteiger partial charge in [0.15, 0.2) is 11.8 Å². The number of hydrogen-bond donors (Lipinski definition) is 2. The lowest BCUT2D eigenvalue weighted by Crippen LogP contribution is -2.37. The highest BCUT2D eigenvalue weighted by Gasteiger charge is 2.04. The van der Waals surface area contributed by atoms with Gasteiger partial charge < -0.3 is 10.6 Å². The van der Waals surface area contributed by atoms with E-state index in [-0.39, 0.29) is 0 Å². The zero-order chi connectivity index (χ0) is 17.5. The summed E-state index contributed by atoms with van der Waals surface area (Å²) in [6.45, 7) is 3.89. The van der Waals surface area contributed by atoms with Crippen LogP contribution in [0.25, 0.3) is 5.82 Å². The zero-order valence-electron chi connectivity index (χ0n) is 14.3. The van der Waals surface area contributed by atoms with E-state index in [1.807, 2.05) is 38.4 Å². The molecule has 0 unspecified atom stereocenters. The number of pyridine rings is 1. The van der Waals surface area contributed by atoms with Gasteiger partial charge in [0.05, 0.1) is 13.1 Å². The Morgan fingerprint density at radius 1 is 1.20 bits per heavy atom. The summed E-state index contributed by atoms with van der Waals surface area (Å²) in [5, 5.41) is 14.7. The molecule has 9 nitrogen and oxygen atoms in total. The summed E-state index contributed by atoms with van der Waals surface area (Å²) in [5.74, 6) is 2.34. The fraction of sp³-hybridized carbons (Fsp3) is 0.312. The molecule has 25 heavy (non-hydrogen) atoms. The summed E-state index contributed by atoms with van der Waals surface area (Å²) in [5.41, 5.74) is 1.05. The molecule has 0 saturated carbocycles. The second-order valence-electron chi connectivity index (χ2n) is 5.32. The van der Waals surface area contributed by atoms with Gasteiger partial charge in [-0.05, 0) is 30.7 Å². The average Bonchev–Trinajstić information content (AvgIpc) is 3.29. The summed E-state index contributed by atoms with van der Waals surface area (Å²) >= 11 is 0. The number of aliphatic imine (C=N–C) groups is 1. The van der Waals surface area contributed by atoms with Gasteiger partial charge in [-0.15, -0.1) is 0 Å². The van der Waals surface area contributed by atoms with E-state index < -0.39 is 0 Å². The lowest BCUT2D eigenvalue weighted by Gasteiger charge is -2.11. The first kappa shape index (κ1) is 16.6. The van der Waals surface area contributed by atoms with Crippen molar-refractivity contribution in [2.75, 3.05) is 6.54 Å². The zero-order valence-corrected chi connectivity index (χ0v) is 14.3. The lowest BCUT2D eigenvalue weighted by atomic mass is 10.2. The molecule has 0 aromatic carbocycles. The summed E-state index contributed by atoms with van der Waals surface area (Å²) in [6.07, 6.45) is 6.89. The molecule has 3 rings (SSSR count). The van der Waals surface area contributed by atoms with Gasteiger partial charge in [0.1, 0.15) is 12.2 Å². The molecule has 2 N–H and O–H groups in total. The molecule has 0 saturated heterocycles. The highest BCUT2D eigenvalue weighted by Crippen LogP contribution is 2.07. The van der Waals surface area contributed by atoms with Gasteiger partial charge in [0.25, 0.3) is 0 Å². The van der Waals surface area contributed by atoms with Crippen molar-refractivity contribution in [3.63, 3.8) is 0 Å². The Bertz CT molecular complexity index is 820. The van der Waals surface area contributed by atoms with Gasteiger partial charge in [-0.25, -0.2) is 19.6 Å². The molecule has 0 atom stereocenters. The molecule has 3 heterocycles. The Morgan fingerprint density at radius 2 is 2.12 bits per heavy atom. The monoisotopic (exact) mass is 339 g/mol. The van der Waals surface area contributed by atoms with Crippen LogP contribution in [0.1, 0.15) is 18.3 Å². The largest absolute Gasteiger partial charge is 0.357 e. The fourth-order valence-corrected chi connectivity index (χ4v) is 2.24. The number of nitrogens with zero attached hydrogens (tertiary/aromatic N) is 7. The van der Waals surface area contributed by atoms with Crippen molar-refractivity contribution >= 4 is 5.96 Å². The second kappa shape index (κ2) is 8.04. The maximum Gasteiger partial charge on any atom is 0.191 e. The molecular weight excluding hydrogens is 318 g/mol. The highest BCUT2D eigenvalue weighted by molar-refractivity contribution is 5.79. The smallest absolute Gasteiger partial charge is 0.191 e. The van der Waals surface area contributed by atoms with Crippen LogP contribution in [0.15, 0.2) is 48.1 Å². The molecule has 9 heteroatoms. The van der Waals surface area contributed by atoms with Crippen LogP contribution in [0.4, 0.5) is 0 Å². The maximum absolute atomic E-state index is 4.61. The summed E-state index contributed by atoms with van der Waals surface area (Å²) in [7, 11) is 1.86. The number of guanidine groups is 1. The van der Waals surface area contributed by atoms with Gasteiger partial charge in [0, 0.05) is 32.2 Å². The van der Waals surface area contributed by atoms with Gasteiger partial charge in [-0.2, -0.15) is 10.2 Å². The van der Waals surface area contributed by atoms with E-state index in [1.54, 1.807) is 21.8 Å². The van der Waals surface area contributed by atoms with Crippen molar-refractivity contribution in [1.29, 1.82) is 0 Å². The van der Waals surface area contributed by atoms with E-state index in [9.17, 15) is 0 Å². The standard InChI is InChI=1S/C16H21N9/c1-3-17-16(20-11-15-21-12-23-24(15)2)19-10-13-5-7-18-14(9-13)25-8-4-6-22-25/h4-9,12H,3,10-11H2,1-2H3,(H2,17,19,20). The summed E-state index contributed by atoms with van der Waals surface area (Å²) in [6, 6.07) is 5.79.